The van der Waals surface area contributed by atoms with Crippen molar-refractivity contribution < 1.29 is 8.42 Å². The second-order valence-corrected chi connectivity index (χ2v) is 6.04. The Morgan fingerprint density at radius 3 is 2.26 bits per heavy atom. The quantitative estimate of drug-likeness (QED) is 0.856. The number of hydrogen-bond donors (Lipinski definition) is 2. The first-order valence-corrected chi connectivity index (χ1v) is 7.43. The van der Waals surface area contributed by atoms with Crippen LogP contribution in [0.25, 0.3) is 0 Å². The molecule has 0 bridgehead atoms. The van der Waals surface area contributed by atoms with Crippen LogP contribution in [0.1, 0.15) is 11.1 Å². The van der Waals surface area contributed by atoms with Crippen molar-refractivity contribution in [3.8, 4) is 0 Å². The van der Waals surface area contributed by atoms with Gasteiger partial charge in [0, 0.05) is 32.5 Å². The van der Waals surface area contributed by atoms with Crippen LogP contribution >= 0.6 is 0 Å². The lowest BCUT2D eigenvalue weighted by atomic mass is 10.2. The molecule has 0 saturated carbocycles. The molecule has 1 aromatic heterocycles. The van der Waals surface area contributed by atoms with E-state index in [4.69, 9.17) is 5.14 Å². The van der Waals surface area contributed by atoms with Crippen molar-refractivity contribution in [1.29, 1.82) is 0 Å². The summed E-state index contributed by atoms with van der Waals surface area (Å²) in [6, 6.07) is 8.62. The third-order valence-corrected chi connectivity index (χ3v) is 3.73. The van der Waals surface area contributed by atoms with Gasteiger partial charge >= 0.3 is 0 Å². The summed E-state index contributed by atoms with van der Waals surface area (Å²) < 4.78 is 24.2. The molecule has 0 radical (unpaired) electrons. The number of hydrogen-bond acceptors (Lipinski definition) is 3. The van der Waals surface area contributed by atoms with Gasteiger partial charge in [-0.15, -0.1) is 0 Å². The predicted octanol–water partition coefficient (Wildman–Crippen LogP) is 0.962. The molecule has 3 N–H and O–H groups in total. The molecule has 102 valence electrons. The summed E-state index contributed by atoms with van der Waals surface area (Å²) in [6.45, 7) is 1.46. The van der Waals surface area contributed by atoms with Gasteiger partial charge in [0.1, 0.15) is 0 Å². The van der Waals surface area contributed by atoms with Crippen LogP contribution in [0.4, 0.5) is 0 Å². The first-order valence-electron chi connectivity index (χ1n) is 5.88. The molecule has 2 rings (SSSR count). The first kappa shape index (κ1) is 13.8. The van der Waals surface area contributed by atoms with Crippen molar-refractivity contribution in [3.63, 3.8) is 0 Å². The number of aryl methyl sites for hydroxylation is 1. The van der Waals surface area contributed by atoms with Crippen molar-refractivity contribution in [2.45, 2.75) is 18.0 Å². The fraction of sp³-hybridized carbons (Fsp3) is 0.231. The molecule has 0 aliphatic rings. The smallest absolute Gasteiger partial charge is 0.238 e. The summed E-state index contributed by atoms with van der Waals surface area (Å²) in [4.78, 5) is 0.138. The van der Waals surface area contributed by atoms with Gasteiger partial charge in [-0.05, 0) is 29.3 Å². The van der Waals surface area contributed by atoms with Crippen LogP contribution in [0.15, 0.2) is 47.6 Å². The van der Waals surface area contributed by atoms with E-state index in [1.54, 1.807) is 12.1 Å². The maximum atomic E-state index is 11.1. The van der Waals surface area contributed by atoms with E-state index in [9.17, 15) is 8.42 Å². The third kappa shape index (κ3) is 3.92. The summed E-state index contributed by atoms with van der Waals surface area (Å²) in [5.74, 6) is 0. The van der Waals surface area contributed by atoms with E-state index in [-0.39, 0.29) is 4.90 Å². The average Bonchev–Trinajstić information content (AvgIpc) is 2.75. The molecule has 0 spiro atoms. The number of sulfonamides is 1. The van der Waals surface area contributed by atoms with E-state index in [0.29, 0.717) is 6.54 Å². The molecule has 0 aliphatic carbocycles. The Bertz CT molecular complexity index is 645. The fourth-order valence-corrected chi connectivity index (χ4v) is 2.33. The highest BCUT2D eigenvalue weighted by Crippen LogP contribution is 2.08. The Morgan fingerprint density at radius 2 is 1.74 bits per heavy atom. The summed E-state index contributed by atoms with van der Waals surface area (Å²) in [5, 5.41) is 8.34. The van der Waals surface area contributed by atoms with E-state index >= 15 is 0 Å². The molecule has 0 atom stereocenters. The Hall–Kier alpha value is -1.63. The number of nitrogens with zero attached hydrogens (tertiary/aromatic N) is 1. The van der Waals surface area contributed by atoms with Crippen molar-refractivity contribution in [1.82, 2.24) is 9.88 Å². The van der Waals surface area contributed by atoms with E-state index in [2.05, 4.69) is 17.6 Å². The summed E-state index contributed by atoms with van der Waals surface area (Å²) in [7, 11) is -1.62. The number of rotatable bonds is 5. The molecule has 6 heteroatoms. The normalized spacial score (nSPS) is 11.7. The largest absolute Gasteiger partial charge is 0.357 e. The average molecular weight is 279 g/mol. The lowest BCUT2D eigenvalue weighted by molar-refractivity contribution is 0.597. The standard InChI is InChI=1S/C13H17N3O2S/c1-16-7-6-12(10-16)9-15-8-11-2-4-13(5-3-11)19(14,17)18/h2-7,10,15H,8-9H2,1H3,(H2,14,17,18). The summed E-state index contributed by atoms with van der Waals surface area (Å²) in [6.07, 6.45) is 4.05. The highest BCUT2D eigenvalue weighted by atomic mass is 32.2. The van der Waals surface area contributed by atoms with E-state index in [1.165, 1.54) is 17.7 Å². The Morgan fingerprint density at radius 1 is 1.11 bits per heavy atom. The SMILES string of the molecule is Cn1ccc(CNCc2ccc(S(N)(=O)=O)cc2)c1. The molecule has 1 aromatic carbocycles. The monoisotopic (exact) mass is 279 g/mol. The van der Waals surface area contributed by atoms with E-state index in [1.807, 2.05) is 17.8 Å². The highest BCUT2D eigenvalue weighted by Gasteiger charge is 2.06. The van der Waals surface area contributed by atoms with Crippen LogP contribution in [0, 0.1) is 0 Å². The van der Waals surface area contributed by atoms with Gasteiger partial charge in [-0.2, -0.15) is 0 Å². The van der Waals surface area contributed by atoms with Crippen molar-refractivity contribution in [2.24, 2.45) is 12.2 Å². The van der Waals surface area contributed by atoms with Gasteiger partial charge in [-0.25, -0.2) is 13.6 Å². The maximum absolute atomic E-state index is 11.1. The van der Waals surface area contributed by atoms with Crippen molar-refractivity contribution in [3.05, 3.63) is 53.9 Å². The highest BCUT2D eigenvalue weighted by molar-refractivity contribution is 7.89. The van der Waals surface area contributed by atoms with Crippen LogP contribution < -0.4 is 10.5 Å². The topological polar surface area (TPSA) is 77.1 Å². The van der Waals surface area contributed by atoms with E-state index < -0.39 is 10.0 Å². The number of nitrogens with two attached hydrogens (primary N) is 1. The second kappa shape index (κ2) is 5.56. The third-order valence-electron chi connectivity index (χ3n) is 2.80. The van der Waals surface area contributed by atoms with Crippen LogP contribution in [0.5, 0.6) is 0 Å². The van der Waals surface area contributed by atoms with Gasteiger partial charge in [-0.3, -0.25) is 0 Å². The second-order valence-electron chi connectivity index (χ2n) is 4.48. The Balaban J connectivity index is 1.90. The summed E-state index contributed by atoms with van der Waals surface area (Å²) >= 11 is 0. The molecule has 2 aromatic rings. The Kier molecular flexibility index (Phi) is 4.04. The number of aromatic nitrogens is 1. The first-order chi connectivity index (χ1) is 8.95. The zero-order valence-corrected chi connectivity index (χ0v) is 11.5. The van der Waals surface area contributed by atoms with Crippen LogP contribution in [0.3, 0.4) is 0 Å². The molecular formula is C13H17N3O2S. The lowest BCUT2D eigenvalue weighted by Crippen LogP contribution is -2.14. The molecule has 0 fully saturated rings. The van der Waals surface area contributed by atoms with Crippen LogP contribution in [-0.4, -0.2) is 13.0 Å². The molecule has 0 aliphatic heterocycles. The predicted molar refractivity (Wildman–Crippen MR) is 73.8 cm³/mol. The minimum absolute atomic E-state index is 0.138. The van der Waals surface area contributed by atoms with Gasteiger partial charge in [0.2, 0.25) is 10.0 Å². The minimum Gasteiger partial charge on any atom is -0.357 e. The molecule has 5 nitrogen and oxygen atoms in total. The lowest BCUT2D eigenvalue weighted by Gasteiger charge is -2.04. The van der Waals surface area contributed by atoms with Crippen molar-refractivity contribution in [2.75, 3.05) is 0 Å². The zero-order valence-electron chi connectivity index (χ0n) is 10.7. The molecule has 0 saturated heterocycles. The number of nitrogens with one attached hydrogen (secondary N) is 1. The van der Waals surface area contributed by atoms with Gasteiger partial charge in [-0.1, -0.05) is 12.1 Å². The van der Waals surface area contributed by atoms with Gasteiger partial charge < -0.3 is 9.88 Å². The van der Waals surface area contributed by atoms with Gasteiger partial charge in [0.15, 0.2) is 0 Å². The number of benzene rings is 1. The molecule has 0 unspecified atom stereocenters. The van der Waals surface area contributed by atoms with Crippen molar-refractivity contribution >= 4 is 10.0 Å². The fourth-order valence-electron chi connectivity index (χ4n) is 1.81. The minimum atomic E-state index is -3.60. The summed E-state index contributed by atoms with van der Waals surface area (Å²) in [5.41, 5.74) is 2.23. The molecular weight excluding hydrogens is 262 g/mol. The number of primary sulfonamides is 1. The van der Waals surface area contributed by atoms with Gasteiger partial charge in [0.25, 0.3) is 0 Å². The molecule has 0 amide bonds. The van der Waals surface area contributed by atoms with E-state index in [0.717, 1.165) is 12.1 Å². The molecule has 1 heterocycles. The Labute approximate surface area is 113 Å². The van der Waals surface area contributed by atoms with Crippen LogP contribution in [-0.2, 0) is 30.2 Å². The van der Waals surface area contributed by atoms with Gasteiger partial charge in [0.05, 0.1) is 4.90 Å². The maximum Gasteiger partial charge on any atom is 0.238 e. The van der Waals surface area contributed by atoms with Crippen LogP contribution in [0.2, 0.25) is 0 Å². The molecule has 19 heavy (non-hydrogen) atoms. The zero-order chi connectivity index (χ0) is 13.9.